The Morgan fingerprint density at radius 2 is 1.83 bits per heavy atom. The molecule has 2 heterocycles. The van der Waals surface area contributed by atoms with Crippen LogP contribution in [0.2, 0.25) is 5.02 Å². The van der Waals surface area contributed by atoms with E-state index in [2.05, 4.69) is 5.10 Å². The predicted molar refractivity (Wildman–Crippen MR) is 137 cm³/mol. The highest BCUT2D eigenvalue weighted by atomic mass is 35.5. The predicted octanol–water partition coefficient (Wildman–Crippen LogP) is 3.60. The minimum Gasteiger partial charge on any atom is -0.389 e. The van der Waals surface area contributed by atoms with Crippen LogP contribution in [0.5, 0.6) is 0 Å². The molecule has 1 atom stereocenters. The summed E-state index contributed by atoms with van der Waals surface area (Å²) in [5.41, 5.74) is 1.75. The summed E-state index contributed by atoms with van der Waals surface area (Å²) in [6.07, 6.45) is -0.990. The summed E-state index contributed by atoms with van der Waals surface area (Å²) in [5.74, 6) is -0.295. The number of hydrogen-bond donors (Lipinski definition) is 1. The van der Waals surface area contributed by atoms with Gasteiger partial charge in [0, 0.05) is 30.9 Å². The number of aliphatic hydroxyl groups is 1. The van der Waals surface area contributed by atoms with Crippen molar-refractivity contribution in [1.29, 1.82) is 0 Å². The van der Waals surface area contributed by atoms with Gasteiger partial charge in [0.2, 0.25) is 0 Å². The maximum Gasteiger partial charge on any atom is 0.291 e. The molecule has 0 saturated carbocycles. The van der Waals surface area contributed by atoms with Crippen LogP contribution in [0.15, 0.2) is 53.3 Å². The number of benzene rings is 2. The van der Waals surface area contributed by atoms with Gasteiger partial charge in [-0.3, -0.25) is 9.59 Å². The van der Waals surface area contributed by atoms with E-state index in [1.54, 1.807) is 28.6 Å². The van der Waals surface area contributed by atoms with Crippen molar-refractivity contribution in [3.8, 4) is 0 Å². The Bertz CT molecular complexity index is 1410. The van der Waals surface area contributed by atoms with Crippen molar-refractivity contribution < 1.29 is 14.6 Å². The third-order valence-electron chi connectivity index (χ3n) is 6.13. The molecule has 2 aromatic heterocycles. The Balaban J connectivity index is 1.75. The topological polar surface area (TPSA) is 89.6 Å². The molecule has 8 nitrogen and oxygen atoms in total. The van der Waals surface area contributed by atoms with E-state index in [1.165, 1.54) is 0 Å². The molecule has 4 aromatic rings. The van der Waals surface area contributed by atoms with Crippen LogP contribution in [0.25, 0.3) is 21.8 Å². The van der Waals surface area contributed by atoms with Gasteiger partial charge in [0.1, 0.15) is 5.52 Å². The van der Waals surface area contributed by atoms with Crippen molar-refractivity contribution in [1.82, 2.24) is 19.2 Å². The first kappa shape index (κ1) is 24.9. The smallest absolute Gasteiger partial charge is 0.291 e. The quantitative estimate of drug-likeness (QED) is 0.382. The van der Waals surface area contributed by atoms with E-state index in [4.69, 9.17) is 16.3 Å². The van der Waals surface area contributed by atoms with E-state index in [9.17, 15) is 14.7 Å². The fourth-order valence-corrected chi connectivity index (χ4v) is 4.60. The zero-order valence-electron chi connectivity index (χ0n) is 20.1. The van der Waals surface area contributed by atoms with E-state index in [0.717, 1.165) is 15.8 Å². The molecule has 0 aliphatic carbocycles. The molecule has 0 aliphatic heterocycles. The molecule has 35 heavy (non-hydrogen) atoms. The second kappa shape index (κ2) is 10.6. The number of amides is 1. The fourth-order valence-electron chi connectivity index (χ4n) is 4.34. The lowest BCUT2D eigenvalue weighted by molar-refractivity contribution is 0.0179. The molecule has 1 unspecified atom stereocenters. The second-order valence-corrected chi connectivity index (χ2v) is 8.79. The molecule has 0 saturated heterocycles. The van der Waals surface area contributed by atoms with Crippen LogP contribution in [0.1, 0.15) is 29.9 Å². The Labute approximate surface area is 208 Å². The number of rotatable bonds is 9. The number of aliphatic hydroxyl groups excluding tert-OH is 1. The number of hydrogen-bond acceptors (Lipinski definition) is 5. The number of halogens is 1. The Morgan fingerprint density at radius 1 is 1.11 bits per heavy atom. The number of aryl methyl sites for hydroxylation is 1. The molecule has 4 rings (SSSR count). The van der Waals surface area contributed by atoms with Crippen LogP contribution in [-0.2, 0) is 24.9 Å². The van der Waals surface area contributed by atoms with Gasteiger partial charge in [0.15, 0.2) is 5.69 Å². The maximum absolute atomic E-state index is 13.5. The molecule has 0 bridgehead atoms. The standard InChI is InChI=1S/C26H29ClN4O4/c1-4-30(5-2)25(33)23-22-21-19(27)12-9-13-20(21)29(3)24(22)26(34)31(28-23)14-18(32)16-35-15-17-10-7-6-8-11-17/h6-13,18,32H,4-5,14-16H2,1-3H3. The summed E-state index contributed by atoms with van der Waals surface area (Å²) in [7, 11) is 1.76. The average Bonchev–Trinajstić information content (AvgIpc) is 3.16. The Morgan fingerprint density at radius 3 is 2.51 bits per heavy atom. The van der Waals surface area contributed by atoms with Gasteiger partial charge in [0.05, 0.1) is 36.4 Å². The van der Waals surface area contributed by atoms with Crippen molar-refractivity contribution in [3.05, 3.63) is 75.2 Å². The van der Waals surface area contributed by atoms with Gasteiger partial charge < -0.3 is 19.3 Å². The van der Waals surface area contributed by atoms with Crippen LogP contribution in [0, 0.1) is 0 Å². The molecule has 0 spiro atoms. The van der Waals surface area contributed by atoms with Crippen LogP contribution < -0.4 is 5.56 Å². The van der Waals surface area contributed by atoms with Gasteiger partial charge in [-0.05, 0) is 31.5 Å². The summed E-state index contributed by atoms with van der Waals surface area (Å²) in [6, 6.07) is 15.0. The highest BCUT2D eigenvalue weighted by Crippen LogP contribution is 2.33. The summed E-state index contributed by atoms with van der Waals surface area (Å²) in [4.78, 5) is 28.6. The monoisotopic (exact) mass is 496 g/mol. The average molecular weight is 497 g/mol. The molecular formula is C26H29ClN4O4. The van der Waals surface area contributed by atoms with E-state index in [1.807, 2.05) is 50.2 Å². The second-order valence-electron chi connectivity index (χ2n) is 8.38. The number of fused-ring (bicyclic) bond motifs is 3. The minimum absolute atomic E-state index is 0.0152. The van der Waals surface area contributed by atoms with Gasteiger partial charge in [-0.1, -0.05) is 48.0 Å². The lowest BCUT2D eigenvalue weighted by Gasteiger charge is -2.20. The van der Waals surface area contributed by atoms with Gasteiger partial charge in [-0.2, -0.15) is 5.10 Å². The molecule has 2 aromatic carbocycles. The zero-order chi connectivity index (χ0) is 25.1. The lowest BCUT2D eigenvalue weighted by Crippen LogP contribution is -2.36. The fraction of sp³-hybridized carbons (Fsp3) is 0.346. The first-order valence-electron chi connectivity index (χ1n) is 11.6. The summed E-state index contributed by atoms with van der Waals surface area (Å²) in [6.45, 7) is 5.00. The zero-order valence-corrected chi connectivity index (χ0v) is 20.8. The van der Waals surface area contributed by atoms with Crippen molar-refractivity contribution in [3.63, 3.8) is 0 Å². The highest BCUT2D eigenvalue weighted by molar-refractivity contribution is 6.38. The maximum atomic E-state index is 13.5. The van der Waals surface area contributed by atoms with E-state index in [0.29, 0.717) is 41.0 Å². The van der Waals surface area contributed by atoms with Crippen LogP contribution >= 0.6 is 11.6 Å². The molecule has 184 valence electrons. The third kappa shape index (κ3) is 4.82. The first-order valence-corrected chi connectivity index (χ1v) is 12.0. The van der Waals surface area contributed by atoms with E-state index in [-0.39, 0.29) is 24.8 Å². The van der Waals surface area contributed by atoms with Crippen molar-refractivity contribution in [2.75, 3.05) is 19.7 Å². The summed E-state index contributed by atoms with van der Waals surface area (Å²) >= 11 is 6.53. The van der Waals surface area contributed by atoms with E-state index >= 15 is 0 Å². The van der Waals surface area contributed by atoms with Gasteiger partial charge >= 0.3 is 0 Å². The van der Waals surface area contributed by atoms with Crippen molar-refractivity contribution in [2.45, 2.75) is 33.1 Å². The van der Waals surface area contributed by atoms with Gasteiger partial charge in [-0.25, -0.2) is 4.68 Å². The van der Waals surface area contributed by atoms with Crippen LogP contribution in [-0.4, -0.2) is 56.1 Å². The summed E-state index contributed by atoms with van der Waals surface area (Å²) < 4.78 is 8.51. The molecule has 1 amide bonds. The van der Waals surface area contributed by atoms with Crippen molar-refractivity contribution >= 4 is 39.3 Å². The molecule has 1 N–H and O–H groups in total. The molecule has 0 aliphatic rings. The van der Waals surface area contributed by atoms with Crippen molar-refractivity contribution in [2.24, 2.45) is 7.05 Å². The lowest BCUT2D eigenvalue weighted by atomic mass is 10.1. The normalized spacial score (nSPS) is 12.4. The number of nitrogens with zero attached hydrogens (tertiary/aromatic N) is 4. The SMILES string of the molecule is CCN(CC)C(=O)c1nn(CC(O)COCc2ccccc2)c(=O)c2c1c1c(Cl)cccc1n2C. The number of carbonyl (C=O) groups excluding carboxylic acids is 1. The summed E-state index contributed by atoms with van der Waals surface area (Å²) in [5, 5.41) is 16.6. The van der Waals surface area contributed by atoms with E-state index < -0.39 is 11.7 Å². The molecule has 0 radical (unpaired) electrons. The largest absolute Gasteiger partial charge is 0.389 e. The molecule has 0 fully saturated rings. The number of ether oxygens (including phenoxy) is 1. The highest BCUT2D eigenvalue weighted by Gasteiger charge is 2.26. The minimum atomic E-state index is -0.990. The van der Waals surface area contributed by atoms with Gasteiger partial charge in [-0.15, -0.1) is 0 Å². The van der Waals surface area contributed by atoms with Crippen LogP contribution in [0.4, 0.5) is 0 Å². The number of carbonyl (C=O) groups is 1. The molecular weight excluding hydrogens is 468 g/mol. The number of aromatic nitrogens is 3. The first-order chi connectivity index (χ1) is 16.9. The Kier molecular flexibility index (Phi) is 7.54. The van der Waals surface area contributed by atoms with Gasteiger partial charge in [0.25, 0.3) is 11.5 Å². The molecule has 9 heteroatoms. The Hall–Kier alpha value is -3.20. The van der Waals surface area contributed by atoms with Crippen LogP contribution in [0.3, 0.4) is 0 Å². The third-order valence-corrected chi connectivity index (χ3v) is 6.44.